The Kier molecular flexibility index (Phi) is 6.43. The normalized spacial score (nSPS) is 11.6. The van der Waals surface area contributed by atoms with E-state index in [0.29, 0.717) is 17.5 Å². The van der Waals surface area contributed by atoms with E-state index in [9.17, 15) is 0 Å². The van der Waals surface area contributed by atoms with Crippen molar-refractivity contribution in [1.29, 1.82) is 0 Å². The third kappa shape index (κ3) is 4.84. The first-order chi connectivity index (χ1) is 23.3. The summed E-state index contributed by atoms with van der Waals surface area (Å²) in [6, 6.07) is 56.3. The SMILES string of the molecule is c1ccc(-c2nc(-c3ccccc3)nc(-c3ccc(-c4ccc(-c5cccc6c5Oc5cccc7cccc-6c57)cc4)cc3)n2)cc1. The average Bonchev–Trinajstić information content (AvgIpc) is 3.15. The number of benzene rings is 7. The molecule has 47 heavy (non-hydrogen) atoms. The number of hydrogen-bond donors (Lipinski definition) is 0. The molecule has 1 aliphatic rings. The predicted octanol–water partition coefficient (Wildman–Crippen LogP) is 11.1. The van der Waals surface area contributed by atoms with Crippen LogP contribution in [0.15, 0.2) is 164 Å². The number of hydrogen-bond acceptors (Lipinski definition) is 4. The smallest absolute Gasteiger partial charge is 0.164 e. The molecule has 2 heterocycles. The largest absolute Gasteiger partial charge is 0.455 e. The summed E-state index contributed by atoms with van der Waals surface area (Å²) in [5.74, 6) is 3.76. The summed E-state index contributed by atoms with van der Waals surface area (Å²) >= 11 is 0. The van der Waals surface area contributed by atoms with Crippen molar-refractivity contribution >= 4 is 10.8 Å². The van der Waals surface area contributed by atoms with E-state index in [2.05, 4.69) is 103 Å². The lowest BCUT2D eigenvalue weighted by atomic mass is 9.91. The molecule has 0 N–H and O–H groups in total. The molecule has 0 bridgehead atoms. The Bertz CT molecular complexity index is 2340. The first-order valence-electron chi connectivity index (χ1n) is 15.7. The van der Waals surface area contributed by atoms with E-state index in [1.54, 1.807) is 0 Å². The van der Waals surface area contributed by atoms with Crippen LogP contribution >= 0.6 is 0 Å². The third-order valence-electron chi connectivity index (χ3n) is 8.76. The van der Waals surface area contributed by atoms with Crippen LogP contribution in [0.5, 0.6) is 11.5 Å². The van der Waals surface area contributed by atoms with Crippen molar-refractivity contribution in [2.45, 2.75) is 0 Å². The topological polar surface area (TPSA) is 47.9 Å². The van der Waals surface area contributed by atoms with Gasteiger partial charge in [-0.2, -0.15) is 0 Å². The highest BCUT2D eigenvalue weighted by atomic mass is 16.5. The van der Waals surface area contributed by atoms with Crippen molar-refractivity contribution in [3.05, 3.63) is 164 Å². The van der Waals surface area contributed by atoms with Crippen LogP contribution in [-0.4, -0.2) is 15.0 Å². The quantitative estimate of drug-likeness (QED) is 0.197. The molecule has 0 radical (unpaired) electrons. The molecule has 4 heteroatoms. The highest BCUT2D eigenvalue weighted by molar-refractivity contribution is 6.05. The Balaban J connectivity index is 1.04. The number of rotatable bonds is 5. The Morgan fingerprint density at radius 1 is 0.319 bits per heavy atom. The second-order valence-corrected chi connectivity index (χ2v) is 11.6. The summed E-state index contributed by atoms with van der Waals surface area (Å²) in [7, 11) is 0. The van der Waals surface area contributed by atoms with Gasteiger partial charge >= 0.3 is 0 Å². The van der Waals surface area contributed by atoms with Gasteiger partial charge in [-0.25, -0.2) is 15.0 Å². The lowest BCUT2D eigenvalue weighted by Gasteiger charge is -2.23. The van der Waals surface area contributed by atoms with Gasteiger partial charge in [0, 0.05) is 33.2 Å². The molecule has 1 aliphatic heterocycles. The molecule has 0 fully saturated rings. The van der Waals surface area contributed by atoms with Gasteiger partial charge < -0.3 is 4.74 Å². The molecule has 0 amide bonds. The lowest BCUT2D eigenvalue weighted by Crippen LogP contribution is -2.00. The van der Waals surface area contributed by atoms with Crippen molar-refractivity contribution in [3.63, 3.8) is 0 Å². The summed E-state index contributed by atoms with van der Waals surface area (Å²) in [4.78, 5) is 14.6. The van der Waals surface area contributed by atoms with E-state index in [0.717, 1.165) is 56.0 Å². The van der Waals surface area contributed by atoms with Crippen LogP contribution in [0.25, 0.3) is 78.3 Å². The van der Waals surface area contributed by atoms with Crippen molar-refractivity contribution in [3.8, 4) is 79.0 Å². The molecule has 0 atom stereocenters. The Morgan fingerprint density at radius 2 is 0.766 bits per heavy atom. The van der Waals surface area contributed by atoms with E-state index in [1.165, 1.54) is 16.3 Å². The zero-order valence-corrected chi connectivity index (χ0v) is 25.3. The molecule has 0 aliphatic carbocycles. The number of ether oxygens (including phenoxy) is 1. The first-order valence-corrected chi connectivity index (χ1v) is 15.7. The molecule has 9 rings (SSSR count). The predicted molar refractivity (Wildman–Crippen MR) is 190 cm³/mol. The second-order valence-electron chi connectivity index (χ2n) is 11.6. The van der Waals surface area contributed by atoms with Crippen LogP contribution in [-0.2, 0) is 0 Å². The van der Waals surface area contributed by atoms with E-state index < -0.39 is 0 Å². The van der Waals surface area contributed by atoms with Crippen molar-refractivity contribution < 1.29 is 4.74 Å². The maximum Gasteiger partial charge on any atom is 0.164 e. The zero-order valence-electron chi connectivity index (χ0n) is 25.3. The number of aromatic nitrogens is 3. The first kappa shape index (κ1) is 27.0. The van der Waals surface area contributed by atoms with Crippen LogP contribution in [0.1, 0.15) is 0 Å². The van der Waals surface area contributed by atoms with Crippen molar-refractivity contribution in [2.75, 3.05) is 0 Å². The maximum atomic E-state index is 6.56. The van der Waals surface area contributed by atoms with Crippen LogP contribution < -0.4 is 4.74 Å². The molecule has 8 aromatic rings. The summed E-state index contributed by atoms with van der Waals surface area (Å²) < 4.78 is 6.56. The van der Waals surface area contributed by atoms with E-state index >= 15 is 0 Å². The Morgan fingerprint density at radius 3 is 1.36 bits per heavy atom. The van der Waals surface area contributed by atoms with Gasteiger partial charge in [-0.15, -0.1) is 0 Å². The molecule has 220 valence electrons. The molecule has 0 unspecified atom stereocenters. The highest BCUT2D eigenvalue weighted by Crippen LogP contribution is 2.50. The van der Waals surface area contributed by atoms with Gasteiger partial charge in [0.05, 0.1) is 0 Å². The van der Waals surface area contributed by atoms with Crippen molar-refractivity contribution in [2.24, 2.45) is 0 Å². The monoisotopic (exact) mass is 601 g/mol. The molecular formula is C43H27N3O. The van der Waals surface area contributed by atoms with Gasteiger partial charge in [-0.1, -0.05) is 158 Å². The third-order valence-corrected chi connectivity index (χ3v) is 8.76. The van der Waals surface area contributed by atoms with Gasteiger partial charge in [0.15, 0.2) is 17.5 Å². The Labute approximate surface area is 272 Å². The zero-order chi connectivity index (χ0) is 31.2. The molecular weight excluding hydrogens is 574 g/mol. The fourth-order valence-corrected chi connectivity index (χ4v) is 6.40. The molecule has 0 saturated heterocycles. The number of fused-ring (bicyclic) bond motifs is 2. The summed E-state index contributed by atoms with van der Waals surface area (Å²) in [5.41, 5.74) is 9.62. The summed E-state index contributed by atoms with van der Waals surface area (Å²) in [5, 5.41) is 2.36. The van der Waals surface area contributed by atoms with E-state index in [-0.39, 0.29) is 0 Å². The maximum absolute atomic E-state index is 6.56. The van der Waals surface area contributed by atoms with Crippen LogP contribution in [0.3, 0.4) is 0 Å². The lowest BCUT2D eigenvalue weighted by molar-refractivity contribution is 0.489. The Hall–Kier alpha value is -6.39. The summed E-state index contributed by atoms with van der Waals surface area (Å²) in [6.45, 7) is 0. The van der Waals surface area contributed by atoms with Crippen LogP contribution in [0.4, 0.5) is 0 Å². The minimum atomic E-state index is 0.644. The number of nitrogens with zero attached hydrogens (tertiary/aromatic N) is 3. The minimum absolute atomic E-state index is 0.644. The fraction of sp³-hybridized carbons (Fsp3) is 0. The van der Waals surface area contributed by atoms with E-state index in [1.807, 2.05) is 60.7 Å². The van der Waals surface area contributed by atoms with Crippen LogP contribution in [0.2, 0.25) is 0 Å². The van der Waals surface area contributed by atoms with Gasteiger partial charge in [0.25, 0.3) is 0 Å². The standard InChI is InChI=1S/C43H27N3O/c1-3-10-32(11-4-1)41-44-42(33-12-5-2-6-13-33)46-43(45-41)34-26-22-29(23-27-34)28-20-24-30(25-21-28)35-16-9-18-37-36-17-7-14-31-15-8-19-38(39(31)36)47-40(35)37/h1-27H. The van der Waals surface area contributed by atoms with Crippen LogP contribution in [0, 0.1) is 0 Å². The minimum Gasteiger partial charge on any atom is -0.455 e. The molecule has 0 spiro atoms. The molecule has 7 aromatic carbocycles. The second kappa shape index (κ2) is 11.2. The van der Waals surface area contributed by atoms with Gasteiger partial charge in [0.2, 0.25) is 0 Å². The van der Waals surface area contributed by atoms with Gasteiger partial charge in [-0.05, 0) is 33.7 Å². The molecule has 1 aromatic heterocycles. The van der Waals surface area contributed by atoms with E-state index in [4.69, 9.17) is 19.7 Å². The van der Waals surface area contributed by atoms with Crippen molar-refractivity contribution in [1.82, 2.24) is 15.0 Å². The summed E-state index contributed by atoms with van der Waals surface area (Å²) in [6.07, 6.45) is 0. The average molecular weight is 602 g/mol. The number of para-hydroxylation sites is 1. The molecule has 4 nitrogen and oxygen atoms in total. The molecule has 0 saturated carbocycles. The fourth-order valence-electron chi connectivity index (χ4n) is 6.40. The van der Waals surface area contributed by atoms with Gasteiger partial charge in [-0.3, -0.25) is 0 Å². The van der Waals surface area contributed by atoms with Gasteiger partial charge in [0.1, 0.15) is 11.5 Å². The highest BCUT2D eigenvalue weighted by Gasteiger charge is 2.22.